The molecule has 0 spiro atoms. The number of halogens is 5. The Morgan fingerprint density at radius 3 is 2.67 bits per heavy atom. The molecule has 5 rings (SSSR count). The van der Waals surface area contributed by atoms with Crippen LogP contribution >= 0.6 is 11.3 Å². The van der Waals surface area contributed by atoms with Crippen LogP contribution in [0, 0.1) is 11.6 Å². The first-order valence-electron chi connectivity index (χ1n) is 12.0. The summed E-state index contributed by atoms with van der Waals surface area (Å²) in [6.45, 7) is -0.0699. The summed E-state index contributed by atoms with van der Waals surface area (Å²) in [4.78, 5) is 26.6. The Kier molecular flexibility index (Phi) is 7.48. The third-order valence-electron chi connectivity index (χ3n) is 6.21. The van der Waals surface area contributed by atoms with Crippen molar-refractivity contribution in [1.29, 1.82) is 0 Å². The molecule has 1 atom stereocenters. The maximum atomic E-state index is 13.5. The molecular weight excluding hydrogens is 551 g/mol. The van der Waals surface area contributed by atoms with Crippen molar-refractivity contribution in [3.8, 4) is 0 Å². The van der Waals surface area contributed by atoms with Gasteiger partial charge in [0.1, 0.15) is 23.7 Å². The zero-order chi connectivity index (χ0) is 28.4. The molecular formula is C27H21F5N6OS. The maximum absolute atomic E-state index is 13.5. The lowest BCUT2D eigenvalue weighted by molar-refractivity contribution is -0.141. The molecule has 1 aromatic carbocycles. The number of rotatable bonds is 7. The SMILES string of the molecule is NC1=NC=NC2CC=C(c3ccc(CNc4nc(C(F)(F)F)ccc4C(=O)NCc4ccc(F)c(F)c4)s3)C=C12. The van der Waals surface area contributed by atoms with E-state index in [4.69, 9.17) is 5.73 Å². The van der Waals surface area contributed by atoms with E-state index < -0.39 is 29.4 Å². The number of amidine groups is 1. The molecule has 2 aromatic heterocycles. The topological polar surface area (TPSA) is 105 Å². The van der Waals surface area contributed by atoms with E-state index in [9.17, 15) is 26.7 Å². The Morgan fingerprint density at radius 2 is 1.90 bits per heavy atom. The summed E-state index contributed by atoms with van der Waals surface area (Å²) in [6.07, 6.45) is 1.36. The van der Waals surface area contributed by atoms with Crippen LogP contribution in [0.5, 0.6) is 0 Å². The number of thiophene rings is 1. The average molecular weight is 573 g/mol. The van der Waals surface area contributed by atoms with Crippen LogP contribution in [0.15, 0.2) is 70.2 Å². The largest absolute Gasteiger partial charge is 0.433 e. The van der Waals surface area contributed by atoms with Crippen molar-refractivity contribution in [3.05, 3.63) is 98.4 Å². The van der Waals surface area contributed by atoms with Gasteiger partial charge in [-0.05, 0) is 60.0 Å². The summed E-state index contributed by atoms with van der Waals surface area (Å²) in [5.41, 5.74) is 6.75. The lowest BCUT2D eigenvalue weighted by Crippen LogP contribution is -2.28. The summed E-state index contributed by atoms with van der Waals surface area (Å²) in [6, 6.07) is 8.51. The third kappa shape index (κ3) is 5.93. The van der Waals surface area contributed by atoms with Crippen LogP contribution in [0.2, 0.25) is 0 Å². The minimum Gasteiger partial charge on any atom is -0.383 e. The molecule has 0 bridgehead atoms. The molecule has 1 amide bonds. The molecule has 0 saturated heterocycles. The molecule has 2 aliphatic rings. The summed E-state index contributed by atoms with van der Waals surface area (Å²) in [7, 11) is 0. The van der Waals surface area contributed by atoms with Crippen molar-refractivity contribution < 1.29 is 26.7 Å². The molecule has 0 fully saturated rings. The third-order valence-corrected chi connectivity index (χ3v) is 7.35. The van der Waals surface area contributed by atoms with E-state index in [1.807, 2.05) is 24.3 Å². The van der Waals surface area contributed by atoms with Gasteiger partial charge in [0.15, 0.2) is 11.6 Å². The Balaban J connectivity index is 1.32. The number of alkyl halides is 3. The summed E-state index contributed by atoms with van der Waals surface area (Å²) in [5, 5.41) is 5.34. The fraction of sp³-hybridized carbons (Fsp3) is 0.185. The van der Waals surface area contributed by atoms with E-state index in [-0.39, 0.29) is 36.1 Å². The van der Waals surface area contributed by atoms with Gasteiger partial charge in [0.25, 0.3) is 5.91 Å². The number of nitrogens with two attached hydrogens (primary N) is 1. The molecule has 0 radical (unpaired) electrons. The highest BCUT2D eigenvalue weighted by Gasteiger charge is 2.33. The molecule has 206 valence electrons. The number of fused-ring (bicyclic) bond motifs is 1. The van der Waals surface area contributed by atoms with Crippen molar-refractivity contribution >= 4 is 40.8 Å². The summed E-state index contributed by atoms with van der Waals surface area (Å²) < 4.78 is 66.8. The zero-order valence-electron chi connectivity index (χ0n) is 20.6. The number of carbonyl (C=O) groups excluding carboxylic acids is 1. The predicted molar refractivity (Wildman–Crippen MR) is 143 cm³/mol. The van der Waals surface area contributed by atoms with E-state index in [0.29, 0.717) is 18.3 Å². The Morgan fingerprint density at radius 1 is 1.07 bits per heavy atom. The molecule has 1 aliphatic heterocycles. The first-order valence-corrected chi connectivity index (χ1v) is 12.8. The number of nitrogens with one attached hydrogen (secondary N) is 2. The standard InChI is InChI=1S/C27H21F5N6OS/c28-19-5-1-14(9-20(19)29)11-35-26(39)17-4-8-23(27(30,31)32)38-25(17)34-12-16-3-7-22(40-16)15-2-6-21-18(10-15)24(33)37-13-36-21/h1-5,7-10,13,21H,6,11-12H2,(H,34,38)(H,35,39)(H2,33,36,37). The van der Waals surface area contributed by atoms with Crippen LogP contribution in [-0.4, -0.2) is 29.1 Å². The molecule has 4 N–H and O–H groups in total. The minimum absolute atomic E-state index is 0.0685. The number of carbonyl (C=O) groups is 1. The highest BCUT2D eigenvalue weighted by atomic mass is 32.1. The van der Waals surface area contributed by atoms with Crippen LogP contribution in [0.3, 0.4) is 0 Å². The highest BCUT2D eigenvalue weighted by Crippen LogP contribution is 2.33. The molecule has 40 heavy (non-hydrogen) atoms. The first kappa shape index (κ1) is 27.2. The summed E-state index contributed by atoms with van der Waals surface area (Å²) in [5.74, 6) is -2.70. The lowest BCUT2D eigenvalue weighted by Gasteiger charge is -2.21. The number of pyridine rings is 1. The van der Waals surface area contributed by atoms with Crippen molar-refractivity contribution in [2.75, 3.05) is 5.32 Å². The molecule has 13 heteroatoms. The maximum Gasteiger partial charge on any atom is 0.433 e. The minimum atomic E-state index is -4.72. The predicted octanol–water partition coefficient (Wildman–Crippen LogP) is 5.46. The fourth-order valence-corrected chi connectivity index (χ4v) is 5.12. The number of allylic oxidation sites excluding steroid dienone is 2. The zero-order valence-corrected chi connectivity index (χ0v) is 21.4. The Labute approximate surface area is 229 Å². The van der Waals surface area contributed by atoms with Gasteiger partial charge in [-0.25, -0.2) is 18.8 Å². The van der Waals surface area contributed by atoms with Crippen molar-refractivity contribution in [1.82, 2.24) is 10.3 Å². The Bertz CT molecular complexity index is 1590. The molecule has 3 aromatic rings. The number of aliphatic imine (C=N–C) groups is 2. The van der Waals surface area contributed by atoms with Gasteiger partial charge in [0.05, 0.1) is 18.2 Å². The van der Waals surface area contributed by atoms with Crippen LogP contribution in [0.4, 0.5) is 27.8 Å². The second-order valence-electron chi connectivity index (χ2n) is 8.93. The number of hydrogen-bond donors (Lipinski definition) is 3. The Hall–Kier alpha value is -4.39. The van der Waals surface area contributed by atoms with E-state index in [1.54, 1.807) is 0 Å². The smallest absolute Gasteiger partial charge is 0.383 e. The highest BCUT2D eigenvalue weighted by molar-refractivity contribution is 7.13. The van der Waals surface area contributed by atoms with Gasteiger partial charge in [-0.3, -0.25) is 9.79 Å². The van der Waals surface area contributed by atoms with Gasteiger partial charge in [0.2, 0.25) is 0 Å². The van der Waals surface area contributed by atoms with Gasteiger partial charge in [-0.15, -0.1) is 11.3 Å². The van der Waals surface area contributed by atoms with Crippen molar-refractivity contribution in [3.63, 3.8) is 0 Å². The number of aromatic nitrogens is 1. The van der Waals surface area contributed by atoms with Gasteiger partial charge in [-0.1, -0.05) is 12.1 Å². The number of hydrogen-bond acceptors (Lipinski definition) is 7. The number of benzene rings is 1. The van der Waals surface area contributed by atoms with Gasteiger partial charge < -0.3 is 16.4 Å². The number of amides is 1. The normalized spacial score (nSPS) is 16.5. The van der Waals surface area contributed by atoms with Gasteiger partial charge >= 0.3 is 6.18 Å². The molecule has 1 aliphatic carbocycles. The molecule has 1 unspecified atom stereocenters. The van der Waals surface area contributed by atoms with Gasteiger partial charge in [0, 0.05) is 21.9 Å². The fourth-order valence-electron chi connectivity index (χ4n) is 4.16. The van der Waals surface area contributed by atoms with E-state index in [2.05, 4.69) is 25.6 Å². The number of anilines is 1. The second kappa shape index (κ2) is 11.0. The van der Waals surface area contributed by atoms with E-state index in [1.165, 1.54) is 23.7 Å². The van der Waals surface area contributed by atoms with Crippen LogP contribution in [0.1, 0.15) is 37.8 Å². The van der Waals surface area contributed by atoms with Gasteiger partial charge in [-0.2, -0.15) is 13.2 Å². The van der Waals surface area contributed by atoms with Crippen LogP contribution < -0.4 is 16.4 Å². The van der Waals surface area contributed by atoms with Crippen LogP contribution in [0.25, 0.3) is 5.57 Å². The van der Waals surface area contributed by atoms with Crippen LogP contribution in [-0.2, 0) is 19.3 Å². The first-order chi connectivity index (χ1) is 19.1. The molecule has 3 heterocycles. The average Bonchev–Trinajstić information content (AvgIpc) is 3.41. The second-order valence-corrected chi connectivity index (χ2v) is 10.1. The van der Waals surface area contributed by atoms with Crippen molar-refractivity contribution in [2.24, 2.45) is 15.7 Å². The van der Waals surface area contributed by atoms with E-state index >= 15 is 0 Å². The lowest BCUT2D eigenvalue weighted by atomic mass is 9.93. The molecule has 0 saturated carbocycles. The van der Waals surface area contributed by atoms with E-state index in [0.717, 1.165) is 39.1 Å². The monoisotopic (exact) mass is 572 g/mol. The molecule has 7 nitrogen and oxygen atoms in total. The number of nitrogens with zero attached hydrogens (tertiary/aromatic N) is 3. The summed E-state index contributed by atoms with van der Waals surface area (Å²) >= 11 is 1.42. The quantitative estimate of drug-likeness (QED) is 0.327. The van der Waals surface area contributed by atoms with Crippen molar-refractivity contribution in [2.45, 2.75) is 31.7 Å².